The number of nitrogens with two attached hydrogens (primary N) is 1. The number of carboxylic acids is 1. The van der Waals surface area contributed by atoms with Crippen LogP contribution in [0, 0.1) is 0 Å². The van der Waals surface area contributed by atoms with Crippen LogP contribution in [0.1, 0.15) is 41.3 Å². The van der Waals surface area contributed by atoms with Crippen molar-refractivity contribution in [2.45, 2.75) is 26.4 Å². The molecule has 0 radical (unpaired) electrons. The molecule has 2 aromatic rings. The fourth-order valence-corrected chi connectivity index (χ4v) is 1.95. The summed E-state index contributed by atoms with van der Waals surface area (Å²) >= 11 is 0. The Morgan fingerprint density at radius 2 is 1.86 bits per heavy atom. The van der Waals surface area contributed by atoms with E-state index in [0.717, 1.165) is 5.56 Å². The first-order chi connectivity index (χ1) is 9.97. The number of nitrogen functional groups attached to an aromatic ring is 1. The molecule has 2 rings (SSSR count). The Bertz CT molecular complexity index is 633. The Morgan fingerprint density at radius 1 is 1.19 bits per heavy atom. The highest BCUT2D eigenvalue weighted by atomic mass is 16.5. The molecule has 0 bridgehead atoms. The molecule has 4 nitrogen and oxygen atoms in total. The molecule has 2 aromatic carbocycles. The molecule has 0 aromatic heterocycles. The molecule has 4 heteroatoms. The first-order valence-electron chi connectivity index (χ1n) is 6.82. The summed E-state index contributed by atoms with van der Waals surface area (Å²) in [6.07, 6.45) is 0. The second-order valence-electron chi connectivity index (χ2n) is 5.24. The maximum atomic E-state index is 10.9. The van der Waals surface area contributed by atoms with Gasteiger partial charge in [-0.2, -0.15) is 0 Å². The normalized spacial score (nSPS) is 10.6. The molecule has 110 valence electrons. The Labute approximate surface area is 124 Å². The molecular weight excluding hydrogens is 266 g/mol. The second-order valence-corrected chi connectivity index (χ2v) is 5.24. The van der Waals surface area contributed by atoms with Crippen molar-refractivity contribution in [3.63, 3.8) is 0 Å². The van der Waals surface area contributed by atoms with Gasteiger partial charge in [0.25, 0.3) is 0 Å². The Morgan fingerprint density at radius 3 is 2.43 bits per heavy atom. The monoisotopic (exact) mass is 285 g/mol. The number of hydrogen-bond donors (Lipinski definition) is 2. The highest BCUT2D eigenvalue weighted by Crippen LogP contribution is 2.24. The second kappa shape index (κ2) is 6.31. The number of ether oxygens (including phenoxy) is 1. The van der Waals surface area contributed by atoms with Crippen LogP contribution in [-0.2, 0) is 6.61 Å². The van der Waals surface area contributed by atoms with E-state index in [2.05, 4.69) is 26.0 Å². The number of aromatic carboxylic acids is 1. The third kappa shape index (κ3) is 3.75. The minimum absolute atomic E-state index is 0.161. The lowest BCUT2D eigenvalue weighted by molar-refractivity contribution is 0.0696. The average Bonchev–Trinajstić information content (AvgIpc) is 2.46. The van der Waals surface area contributed by atoms with Gasteiger partial charge in [-0.05, 0) is 35.2 Å². The molecule has 3 N–H and O–H groups in total. The molecule has 0 amide bonds. The maximum Gasteiger partial charge on any atom is 0.335 e. The molecule has 0 heterocycles. The van der Waals surface area contributed by atoms with Crippen molar-refractivity contribution in [2.24, 2.45) is 0 Å². The number of carboxylic acid groups (broad SMARTS) is 1. The molecule has 0 unspecified atom stereocenters. The molecule has 0 aliphatic rings. The predicted molar refractivity (Wildman–Crippen MR) is 82.7 cm³/mol. The average molecular weight is 285 g/mol. The molecular formula is C17H19NO3. The van der Waals surface area contributed by atoms with Crippen molar-refractivity contribution < 1.29 is 14.6 Å². The molecule has 0 saturated carbocycles. The third-order valence-electron chi connectivity index (χ3n) is 3.30. The van der Waals surface area contributed by atoms with Crippen LogP contribution in [-0.4, -0.2) is 11.1 Å². The summed E-state index contributed by atoms with van der Waals surface area (Å²) in [5.74, 6) is -0.119. The Kier molecular flexibility index (Phi) is 4.48. The van der Waals surface area contributed by atoms with Crippen molar-refractivity contribution in [1.29, 1.82) is 0 Å². The van der Waals surface area contributed by atoms with E-state index in [1.165, 1.54) is 17.7 Å². The van der Waals surface area contributed by atoms with Crippen molar-refractivity contribution >= 4 is 11.7 Å². The van der Waals surface area contributed by atoms with Gasteiger partial charge in [-0.3, -0.25) is 0 Å². The molecule has 0 fully saturated rings. The van der Waals surface area contributed by atoms with Gasteiger partial charge in [0.05, 0.1) is 11.3 Å². The van der Waals surface area contributed by atoms with E-state index in [-0.39, 0.29) is 5.56 Å². The summed E-state index contributed by atoms with van der Waals surface area (Å²) in [7, 11) is 0. The van der Waals surface area contributed by atoms with Gasteiger partial charge in [0.2, 0.25) is 0 Å². The zero-order valence-corrected chi connectivity index (χ0v) is 12.2. The fraction of sp³-hybridized carbons (Fsp3) is 0.235. The Hall–Kier alpha value is -2.49. The van der Waals surface area contributed by atoms with Gasteiger partial charge in [0.15, 0.2) is 0 Å². The lowest BCUT2D eigenvalue weighted by atomic mass is 10.0. The van der Waals surface area contributed by atoms with Gasteiger partial charge >= 0.3 is 5.97 Å². The number of anilines is 1. The van der Waals surface area contributed by atoms with Crippen LogP contribution in [0.2, 0.25) is 0 Å². The summed E-state index contributed by atoms with van der Waals surface area (Å²) in [6.45, 7) is 4.64. The quantitative estimate of drug-likeness (QED) is 0.822. The molecule has 21 heavy (non-hydrogen) atoms. The summed E-state index contributed by atoms with van der Waals surface area (Å²) in [4.78, 5) is 10.9. The summed E-state index contributed by atoms with van der Waals surface area (Å²) < 4.78 is 5.63. The highest BCUT2D eigenvalue weighted by molar-refractivity contribution is 5.89. The van der Waals surface area contributed by atoms with Crippen LogP contribution in [0.25, 0.3) is 0 Å². The predicted octanol–water partition coefficient (Wildman–Crippen LogP) is 3.67. The summed E-state index contributed by atoms with van der Waals surface area (Å²) in [5, 5.41) is 8.97. The van der Waals surface area contributed by atoms with Crippen LogP contribution in [0.5, 0.6) is 5.75 Å². The van der Waals surface area contributed by atoms with Crippen LogP contribution < -0.4 is 10.5 Å². The Balaban J connectivity index is 2.09. The van der Waals surface area contributed by atoms with Gasteiger partial charge in [0.1, 0.15) is 12.4 Å². The van der Waals surface area contributed by atoms with Gasteiger partial charge in [-0.15, -0.1) is 0 Å². The SMILES string of the molecule is CC(C)c1ccc(COc2cc(C(=O)O)ccc2N)cc1. The number of benzene rings is 2. The van der Waals surface area contributed by atoms with Gasteiger partial charge in [-0.1, -0.05) is 38.1 Å². The zero-order valence-electron chi connectivity index (χ0n) is 12.2. The highest BCUT2D eigenvalue weighted by Gasteiger charge is 2.08. The number of carbonyl (C=O) groups is 1. The third-order valence-corrected chi connectivity index (χ3v) is 3.30. The van der Waals surface area contributed by atoms with Gasteiger partial charge in [0, 0.05) is 0 Å². The first-order valence-corrected chi connectivity index (χ1v) is 6.82. The largest absolute Gasteiger partial charge is 0.487 e. The zero-order chi connectivity index (χ0) is 15.4. The lowest BCUT2D eigenvalue weighted by Crippen LogP contribution is -2.02. The van der Waals surface area contributed by atoms with Crippen molar-refractivity contribution in [1.82, 2.24) is 0 Å². The minimum atomic E-state index is -0.999. The van der Waals surface area contributed by atoms with Crippen LogP contribution in [0.15, 0.2) is 42.5 Å². The van der Waals surface area contributed by atoms with Crippen LogP contribution in [0.3, 0.4) is 0 Å². The van der Waals surface area contributed by atoms with Crippen molar-refractivity contribution in [3.8, 4) is 5.75 Å². The van der Waals surface area contributed by atoms with E-state index >= 15 is 0 Å². The van der Waals surface area contributed by atoms with Crippen LogP contribution >= 0.6 is 0 Å². The van der Waals surface area contributed by atoms with E-state index in [4.69, 9.17) is 15.6 Å². The van der Waals surface area contributed by atoms with Gasteiger partial charge in [-0.25, -0.2) is 4.79 Å². The van der Waals surface area contributed by atoms with E-state index in [1.54, 1.807) is 6.07 Å². The summed E-state index contributed by atoms with van der Waals surface area (Å²) in [5.41, 5.74) is 8.67. The van der Waals surface area contributed by atoms with E-state index in [0.29, 0.717) is 24.0 Å². The molecule has 0 aliphatic carbocycles. The van der Waals surface area contributed by atoms with E-state index in [1.807, 2.05) is 12.1 Å². The van der Waals surface area contributed by atoms with Crippen molar-refractivity contribution in [2.75, 3.05) is 5.73 Å². The number of hydrogen-bond acceptors (Lipinski definition) is 3. The first kappa shape index (κ1) is 14.9. The standard InChI is InChI=1S/C17H19NO3/c1-11(2)13-5-3-12(4-6-13)10-21-16-9-14(17(19)20)7-8-15(16)18/h3-9,11H,10,18H2,1-2H3,(H,19,20). The van der Waals surface area contributed by atoms with E-state index in [9.17, 15) is 4.79 Å². The van der Waals surface area contributed by atoms with Gasteiger partial charge < -0.3 is 15.6 Å². The maximum absolute atomic E-state index is 10.9. The topological polar surface area (TPSA) is 72.5 Å². The lowest BCUT2D eigenvalue weighted by Gasteiger charge is -2.11. The van der Waals surface area contributed by atoms with Crippen LogP contribution in [0.4, 0.5) is 5.69 Å². The minimum Gasteiger partial charge on any atom is -0.487 e. The fourth-order valence-electron chi connectivity index (χ4n) is 1.95. The smallest absolute Gasteiger partial charge is 0.335 e. The number of rotatable bonds is 5. The summed E-state index contributed by atoms with van der Waals surface area (Å²) in [6, 6.07) is 12.6. The van der Waals surface area contributed by atoms with Crippen molar-refractivity contribution in [3.05, 3.63) is 59.2 Å². The molecule has 0 atom stereocenters. The molecule has 0 spiro atoms. The molecule has 0 saturated heterocycles. The van der Waals surface area contributed by atoms with E-state index < -0.39 is 5.97 Å². The molecule has 0 aliphatic heterocycles.